The van der Waals surface area contributed by atoms with E-state index in [0.29, 0.717) is 38.4 Å². The number of alkyl halides is 1. The summed E-state index contributed by atoms with van der Waals surface area (Å²) in [5.41, 5.74) is -1.25. The number of halogens is 1. The quantitative estimate of drug-likeness (QED) is 0.590. The van der Waals surface area contributed by atoms with Gasteiger partial charge in [0.2, 0.25) is 0 Å². The van der Waals surface area contributed by atoms with Crippen molar-refractivity contribution in [3.63, 3.8) is 0 Å². The number of amides is 1. The summed E-state index contributed by atoms with van der Waals surface area (Å²) in [7, 11) is 0. The number of carbonyl (C=O) groups excluding carboxylic acids is 2. The fraction of sp³-hybridized carbons (Fsp3) is 0.867. The molecule has 0 radical (unpaired) electrons. The van der Waals surface area contributed by atoms with Crippen LogP contribution < -0.4 is 0 Å². The van der Waals surface area contributed by atoms with Crippen LogP contribution >= 0.6 is 11.6 Å². The van der Waals surface area contributed by atoms with Crippen molar-refractivity contribution in [2.24, 2.45) is 5.41 Å². The third-order valence-corrected chi connectivity index (χ3v) is 3.70. The van der Waals surface area contributed by atoms with Crippen LogP contribution in [-0.4, -0.2) is 48.1 Å². The number of hydrogen-bond donors (Lipinski definition) is 0. The molecule has 1 amide bonds. The summed E-state index contributed by atoms with van der Waals surface area (Å²) in [6, 6.07) is 0. The zero-order valence-corrected chi connectivity index (χ0v) is 14.2. The lowest BCUT2D eigenvalue weighted by Crippen LogP contribution is -2.51. The first-order valence-corrected chi connectivity index (χ1v) is 7.98. The number of rotatable bonds is 4. The monoisotopic (exact) mass is 319 g/mol. The van der Waals surface area contributed by atoms with Crippen molar-refractivity contribution < 1.29 is 19.1 Å². The van der Waals surface area contributed by atoms with Gasteiger partial charge in [-0.2, -0.15) is 0 Å². The second kappa shape index (κ2) is 7.34. The van der Waals surface area contributed by atoms with E-state index in [1.807, 2.05) is 20.8 Å². The molecule has 1 atom stereocenters. The highest BCUT2D eigenvalue weighted by atomic mass is 35.5. The Labute approximate surface area is 131 Å². The maximum Gasteiger partial charge on any atom is 0.410 e. The number of esters is 1. The SMILES string of the molecule is CCOC(=O)C1(CCCl)CCCN(C(=O)OC(C)(C)C)C1. The molecular weight excluding hydrogens is 294 g/mol. The molecular formula is C15H26ClNO4. The molecule has 122 valence electrons. The van der Waals surface area contributed by atoms with Gasteiger partial charge < -0.3 is 14.4 Å². The average molecular weight is 320 g/mol. The van der Waals surface area contributed by atoms with Gasteiger partial charge in [0.25, 0.3) is 0 Å². The molecule has 1 fully saturated rings. The minimum absolute atomic E-state index is 0.265. The Morgan fingerprint density at radius 1 is 1.33 bits per heavy atom. The standard InChI is InChI=1S/C15H26ClNO4/c1-5-20-12(18)15(8-9-16)7-6-10-17(11-15)13(19)21-14(2,3)4/h5-11H2,1-4H3. The van der Waals surface area contributed by atoms with E-state index in [1.54, 1.807) is 11.8 Å². The molecule has 21 heavy (non-hydrogen) atoms. The predicted molar refractivity (Wildman–Crippen MR) is 81.4 cm³/mol. The molecule has 0 N–H and O–H groups in total. The lowest BCUT2D eigenvalue weighted by atomic mass is 9.77. The maximum absolute atomic E-state index is 12.3. The summed E-state index contributed by atoms with van der Waals surface area (Å²) in [4.78, 5) is 26.1. The molecule has 0 aromatic carbocycles. The van der Waals surface area contributed by atoms with Crippen molar-refractivity contribution >= 4 is 23.7 Å². The summed E-state index contributed by atoms with van der Waals surface area (Å²) in [5.74, 6) is 0.0972. The van der Waals surface area contributed by atoms with Crippen LogP contribution in [0.4, 0.5) is 4.79 Å². The Morgan fingerprint density at radius 3 is 2.52 bits per heavy atom. The second-order valence-electron chi connectivity index (χ2n) is 6.45. The summed E-state index contributed by atoms with van der Waals surface area (Å²) in [5, 5.41) is 0. The largest absolute Gasteiger partial charge is 0.466 e. The Bertz CT molecular complexity index is 376. The number of piperidine rings is 1. The third kappa shape index (κ3) is 5.06. The molecule has 1 aliphatic heterocycles. The van der Waals surface area contributed by atoms with Crippen LogP contribution in [0.1, 0.15) is 47.0 Å². The van der Waals surface area contributed by atoms with Crippen LogP contribution in [0.5, 0.6) is 0 Å². The van der Waals surface area contributed by atoms with Gasteiger partial charge in [0.1, 0.15) is 5.60 Å². The number of nitrogens with zero attached hydrogens (tertiary/aromatic N) is 1. The molecule has 0 aliphatic carbocycles. The van der Waals surface area contributed by atoms with Gasteiger partial charge in [0, 0.05) is 19.0 Å². The van der Waals surface area contributed by atoms with Gasteiger partial charge >= 0.3 is 12.1 Å². The zero-order chi connectivity index (χ0) is 16.1. The van der Waals surface area contributed by atoms with Crippen LogP contribution in [-0.2, 0) is 14.3 Å². The molecule has 0 saturated carbocycles. The van der Waals surface area contributed by atoms with Crippen molar-refractivity contribution in [3.8, 4) is 0 Å². The van der Waals surface area contributed by atoms with E-state index < -0.39 is 11.0 Å². The van der Waals surface area contributed by atoms with E-state index in [9.17, 15) is 9.59 Å². The summed E-state index contributed by atoms with van der Waals surface area (Å²) >= 11 is 5.86. The third-order valence-electron chi connectivity index (χ3n) is 3.51. The molecule has 1 unspecified atom stereocenters. The van der Waals surface area contributed by atoms with Crippen LogP contribution in [0.2, 0.25) is 0 Å². The van der Waals surface area contributed by atoms with E-state index in [1.165, 1.54) is 0 Å². The van der Waals surface area contributed by atoms with E-state index in [-0.39, 0.29) is 12.1 Å². The van der Waals surface area contributed by atoms with E-state index in [2.05, 4.69) is 0 Å². The number of likely N-dealkylation sites (tertiary alicyclic amines) is 1. The van der Waals surface area contributed by atoms with Gasteiger partial charge in [-0.05, 0) is 47.0 Å². The van der Waals surface area contributed by atoms with Crippen molar-refractivity contribution in [1.29, 1.82) is 0 Å². The first kappa shape index (κ1) is 18.1. The van der Waals surface area contributed by atoms with Gasteiger partial charge in [-0.3, -0.25) is 4.79 Å². The smallest absolute Gasteiger partial charge is 0.410 e. The fourth-order valence-electron chi connectivity index (χ4n) is 2.55. The van der Waals surface area contributed by atoms with Gasteiger partial charge in [0.05, 0.1) is 12.0 Å². The second-order valence-corrected chi connectivity index (χ2v) is 6.82. The molecule has 0 bridgehead atoms. The van der Waals surface area contributed by atoms with Crippen molar-refractivity contribution in [2.45, 2.75) is 52.6 Å². The number of carbonyl (C=O) groups is 2. The van der Waals surface area contributed by atoms with Crippen molar-refractivity contribution in [1.82, 2.24) is 4.90 Å². The van der Waals surface area contributed by atoms with Crippen molar-refractivity contribution in [2.75, 3.05) is 25.6 Å². The van der Waals surface area contributed by atoms with Crippen molar-refractivity contribution in [3.05, 3.63) is 0 Å². The van der Waals surface area contributed by atoms with Crippen LogP contribution in [0.15, 0.2) is 0 Å². The molecule has 6 heteroatoms. The average Bonchev–Trinajstić information content (AvgIpc) is 2.37. The topological polar surface area (TPSA) is 55.8 Å². The van der Waals surface area contributed by atoms with Gasteiger partial charge in [-0.1, -0.05) is 0 Å². The summed E-state index contributed by atoms with van der Waals surface area (Å²) < 4.78 is 10.6. The minimum atomic E-state index is -0.701. The molecule has 1 rings (SSSR count). The minimum Gasteiger partial charge on any atom is -0.466 e. The maximum atomic E-state index is 12.3. The zero-order valence-electron chi connectivity index (χ0n) is 13.4. The van der Waals surface area contributed by atoms with Gasteiger partial charge in [0.15, 0.2) is 0 Å². The fourth-order valence-corrected chi connectivity index (χ4v) is 2.91. The Hall–Kier alpha value is -0.970. The highest BCUT2D eigenvalue weighted by Crippen LogP contribution is 2.36. The Balaban J connectivity index is 2.83. The molecule has 5 nitrogen and oxygen atoms in total. The number of hydrogen-bond acceptors (Lipinski definition) is 4. The van der Waals surface area contributed by atoms with Gasteiger partial charge in [-0.15, -0.1) is 11.6 Å². The first-order chi connectivity index (χ1) is 9.74. The highest BCUT2D eigenvalue weighted by Gasteiger charge is 2.44. The normalized spacial score (nSPS) is 22.8. The van der Waals surface area contributed by atoms with E-state index in [0.717, 1.165) is 6.42 Å². The van der Waals surface area contributed by atoms with E-state index >= 15 is 0 Å². The van der Waals surface area contributed by atoms with Crippen LogP contribution in [0.25, 0.3) is 0 Å². The lowest BCUT2D eigenvalue weighted by Gasteiger charge is -2.40. The number of ether oxygens (including phenoxy) is 2. The molecule has 0 spiro atoms. The Morgan fingerprint density at radius 2 is 2.00 bits per heavy atom. The van der Waals surface area contributed by atoms with Gasteiger partial charge in [-0.25, -0.2) is 4.79 Å². The Kier molecular flexibility index (Phi) is 6.32. The first-order valence-electron chi connectivity index (χ1n) is 7.45. The molecule has 1 saturated heterocycles. The lowest BCUT2D eigenvalue weighted by molar-refractivity contribution is -0.159. The highest BCUT2D eigenvalue weighted by molar-refractivity contribution is 6.18. The predicted octanol–water partition coefficient (Wildman–Crippen LogP) is 3.20. The summed E-state index contributed by atoms with van der Waals surface area (Å²) in [6.07, 6.45) is 1.56. The molecule has 0 aromatic heterocycles. The van der Waals surface area contributed by atoms with Crippen LogP contribution in [0.3, 0.4) is 0 Å². The molecule has 0 aromatic rings. The van der Waals surface area contributed by atoms with Crippen LogP contribution in [0, 0.1) is 5.41 Å². The summed E-state index contributed by atoms with van der Waals surface area (Å²) in [6.45, 7) is 8.49. The molecule has 1 heterocycles. The molecule has 1 aliphatic rings. The van der Waals surface area contributed by atoms with E-state index in [4.69, 9.17) is 21.1 Å².